The van der Waals surface area contributed by atoms with Crippen molar-refractivity contribution in [3.05, 3.63) is 48.0 Å². The summed E-state index contributed by atoms with van der Waals surface area (Å²) in [6.07, 6.45) is 1.77. The van der Waals surface area contributed by atoms with Gasteiger partial charge in [-0.25, -0.2) is 4.79 Å². The fraction of sp³-hybridized carbons (Fsp3) is 0.444. The molecule has 22 heavy (non-hydrogen) atoms. The number of hydrogen-bond acceptors (Lipinski definition) is 4. The summed E-state index contributed by atoms with van der Waals surface area (Å²) in [5.74, 6) is -1.05. The van der Waals surface area contributed by atoms with Crippen LogP contribution in [0.5, 0.6) is 0 Å². The lowest BCUT2D eigenvalue weighted by atomic mass is 9.65. The molecule has 4 nitrogen and oxygen atoms in total. The maximum Gasteiger partial charge on any atom is 0.334 e. The van der Waals surface area contributed by atoms with Gasteiger partial charge in [0.25, 0.3) is 0 Å². The first kappa shape index (κ1) is 14.8. The lowest BCUT2D eigenvalue weighted by molar-refractivity contribution is -0.176. The van der Waals surface area contributed by atoms with E-state index in [4.69, 9.17) is 9.47 Å². The van der Waals surface area contributed by atoms with Crippen molar-refractivity contribution in [2.45, 2.75) is 38.2 Å². The summed E-state index contributed by atoms with van der Waals surface area (Å²) < 4.78 is 10.9. The van der Waals surface area contributed by atoms with Gasteiger partial charge in [-0.3, -0.25) is 4.79 Å². The second-order valence-corrected chi connectivity index (χ2v) is 5.92. The third-order valence-electron chi connectivity index (χ3n) is 4.79. The van der Waals surface area contributed by atoms with Crippen LogP contribution in [0.3, 0.4) is 0 Å². The van der Waals surface area contributed by atoms with Gasteiger partial charge in [-0.2, -0.15) is 0 Å². The van der Waals surface area contributed by atoms with Crippen molar-refractivity contribution in [1.82, 2.24) is 0 Å². The number of rotatable bonds is 3. The molecule has 0 radical (unpaired) electrons. The fourth-order valence-corrected chi connectivity index (χ4v) is 3.89. The molecule has 0 N–H and O–H groups in total. The molecule has 0 unspecified atom stereocenters. The summed E-state index contributed by atoms with van der Waals surface area (Å²) in [6, 6.07) is 9.60. The fourth-order valence-electron chi connectivity index (χ4n) is 3.89. The first-order chi connectivity index (χ1) is 10.6. The van der Waals surface area contributed by atoms with Crippen LogP contribution in [-0.2, 0) is 19.1 Å². The average Bonchev–Trinajstić information content (AvgIpc) is 2.93. The summed E-state index contributed by atoms with van der Waals surface area (Å²) in [4.78, 5) is 25.0. The Bertz CT molecular complexity index is 607. The molecule has 1 heterocycles. The predicted molar refractivity (Wildman–Crippen MR) is 81.1 cm³/mol. The van der Waals surface area contributed by atoms with Gasteiger partial charge in [0.05, 0.1) is 6.61 Å². The Hall–Kier alpha value is -2.10. The number of fused-ring (bicyclic) bond motifs is 1. The lowest BCUT2D eigenvalue weighted by Crippen LogP contribution is -2.51. The van der Waals surface area contributed by atoms with E-state index in [1.54, 1.807) is 6.92 Å². The Labute approximate surface area is 130 Å². The second kappa shape index (κ2) is 5.59. The minimum atomic E-state index is -0.831. The van der Waals surface area contributed by atoms with Gasteiger partial charge < -0.3 is 9.47 Å². The topological polar surface area (TPSA) is 52.6 Å². The van der Waals surface area contributed by atoms with Crippen LogP contribution in [0, 0.1) is 5.41 Å². The molecule has 2 aliphatic rings. The summed E-state index contributed by atoms with van der Waals surface area (Å²) in [7, 11) is 0. The summed E-state index contributed by atoms with van der Waals surface area (Å²) >= 11 is 0. The second-order valence-electron chi connectivity index (χ2n) is 5.92. The molecular weight excluding hydrogens is 280 g/mol. The molecule has 1 aliphatic carbocycles. The normalized spacial score (nSPS) is 30.6. The van der Waals surface area contributed by atoms with E-state index in [1.165, 1.54) is 0 Å². The molecule has 4 heteroatoms. The highest BCUT2D eigenvalue weighted by Crippen LogP contribution is 2.56. The van der Waals surface area contributed by atoms with Crippen molar-refractivity contribution in [3.8, 4) is 0 Å². The highest BCUT2D eigenvalue weighted by atomic mass is 16.6. The van der Waals surface area contributed by atoms with Crippen LogP contribution >= 0.6 is 0 Å². The quantitative estimate of drug-likeness (QED) is 0.636. The zero-order valence-electron chi connectivity index (χ0n) is 12.7. The maximum atomic E-state index is 12.8. The van der Waals surface area contributed by atoms with Crippen LogP contribution in [0.1, 0.15) is 37.7 Å². The number of esters is 2. The summed E-state index contributed by atoms with van der Waals surface area (Å²) in [5.41, 5.74) is 0.434. The van der Waals surface area contributed by atoms with Gasteiger partial charge in [0, 0.05) is 11.5 Å². The van der Waals surface area contributed by atoms with E-state index < -0.39 is 17.5 Å². The predicted octanol–water partition coefficient (Wildman–Crippen LogP) is 2.99. The smallest absolute Gasteiger partial charge is 0.334 e. The molecule has 1 aromatic rings. The van der Waals surface area contributed by atoms with Gasteiger partial charge >= 0.3 is 11.9 Å². The molecule has 0 aromatic heterocycles. The molecule has 116 valence electrons. The maximum absolute atomic E-state index is 12.8. The van der Waals surface area contributed by atoms with Crippen LogP contribution in [0.25, 0.3) is 0 Å². The third kappa shape index (κ3) is 2.05. The van der Waals surface area contributed by atoms with E-state index in [-0.39, 0.29) is 11.9 Å². The molecule has 0 spiro atoms. The standard InChI is InChI=1S/C18H20O4/c1-3-21-17(20)18-11-7-10-14(18)22-16(19)12(2)15(18)13-8-5-4-6-9-13/h4-6,8-9,14-15H,2-3,7,10-11H2,1H3/t14-,15-,18-/m0/s1. The third-order valence-corrected chi connectivity index (χ3v) is 4.79. The molecule has 0 bridgehead atoms. The number of ether oxygens (including phenoxy) is 2. The van der Waals surface area contributed by atoms with Crippen molar-refractivity contribution in [3.63, 3.8) is 0 Å². The van der Waals surface area contributed by atoms with Crippen molar-refractivity contribution in [2.75, 3.05) is 6.61 Å². The number of carbonyl (C=O) groups is 2. The summed E-state index contributed by atoms with van der Waals surface area (Å²) in [6.45, 7) is 6.02. The minimum absolute atomic E-state index is 0.278. The molecule has 1 aromatic carbocycles. The molecule has 3 rings (SSSR count). The molecule has 1 saturated carbocycles. The Kier molecular flexibility index (Phi) is 3.77. The Morgan fingerprint density at radius 1 is 1.41 bits per heavy atom. The van der Waals surface area contributed by atoms with Crippen LogP contribution in [0.2, 0.25) is 0 Å². The minimum Gasteiger partial charge on any atom is -0.465 e. The van der Waals surface area contributed by atoms with E-state index in [2.05, 4.69) is 6.58 Å². The number of carbonyl (C=O) groups excluding carboxylic acids is 2. The van der Waals surface area contributed by atoms with Gasteiger partial charge in [-0.05, 0) is 31.7 Å². The van der Waals surface area contributed by atoms with Gasteiger partial charge in [0.2, 0.25) is 0 Å². The highest BCUT2D eigenvalue weighted by molar-refractivity contribution is 5.95. The monoisotopic (exact) mass is 300 g/mol. The van der Waals surface area contributed by atoms with Crippen molar-refractivity contribution >= 4 is 11.9 Å². The van der Waals surface area contributed by atoms with Crippen molar-refractivity contribution in [2.24, 2.45) is 5.41 Å². The molecule has 0 amide bonds. The SMILES string of the molecule is C=C1C(=O)O[C@H]2CCC[C@@]2(C(=O)OCC)[C@@H]1c1ccccc1. The van der Waals surface area contributed by atoms with Gasteiger partial charge in [0.1, 0.15) is 11.5 Å². The zero-order valence-corrected chi connectivity index (χ0v) is 12.7. The van der Waals surface area contributed by atoms with Crippen LogP contribution in [0.15, 0.2) is 42.5 Å². The first-order valence-electron chi connectivity index (χ1n) is 7.73. The molecule has 2 fully saturated rings. The Morgan fingerprint density at radius 3 is 2.82 bits per heavy atom. The van der Waals surface area contributed by atoms with Gasteiger partial charge in [0.15, 0.2) is 0 Å². The van der Waals surface area contributed by atoms with E-state index in [0.717, 1.165) is 12.0 Å². The zero-order chi connectivity index (χ0) is 15.7. The first-order valence-corrected chi connectivity index (χ1v) is 7.73. The molecular formula is C18H20O4. The Balaban J connectivity index is 2.13. The van der Waals surface area contributed by atoms with Gasteiger partial charge in [-0.1, -0.05) is 36.9 Å². The highest BCUT2D eigenvalue weighted by Gasteiger charge is 2.62. The van der Waals surface area contributed by atoms with Gasteiger partial charge in [-0.15, -0.1) is 0 Å². The average molecular weight is 300 g/mol. The van der Waals surface area contributed by atoms with Crippen LogP contribution in [-0.4, -0.2) is 24.6 Å². The van der Waals surface area contributed by atoms with Crippen LogP contribution < -0.4 is 0 Å². The van der Waals surface area contributed by atoms with E-state index in [9.17, 15) is 9.59 Å². The molecule has 1 aliphatic heterocycles. The van der Waals surface area contributed by atoms with Crippen LogP contribution in [0.4, 0.5) is 0 Å². The van der Waals surface area contributed by atoms with E-state index in [1.807, 2.05) is 30.3 Å². The largest absolute Gasteiger partial charge is 0.465 e. The van der Waals surface area contributed by atoms with E-state index in [0.29, 0.717) is 25.0 Å². The Morgan fingerprint density at radius 2 is 2.14 bits per heavy atom. The lowest BCUT2D eigenvalue weighted by Gasteiger charge is -2.43. The summed E-state index contributed by atoms with van der Waals surface area (Å²) in [5, 5.41) is 0. The molecule has 1 saturated heterocycles. The van der Waals surface area contributed by atoms with Crippen molar-refractivity contribution < 1.29 is 19.1 Å². The van der Waals surface area contributed by atoms with E-state index >= 15 is 0 Å². The van der Waals surface area contributed by atoms with Crippen molar-refractivity contribution in [1.29, 1.82) is 0 Å². The molecule has 3 atom stereocenters. The number of hydrogen-bond donors (Lipinski definition) is 0. The number of benzene rings is 1.